The molecule has 106 valence electrons. The molecule has 0 amide bonds. The Balaban J connectivity index is 1.94. The van der Waals surface area contributed by atoms with Crippen molar-refractivity contribution in [2.75, 3.05) is 5.73 Å². The van der Waals surface area contributed by atoms with Gasteiger partial charge in [-0.15, -0.1) is 0 Å². The monoisotopic (exact) mass is 274 g/mol. The van der Waals surface area contributed by atoms with Gasteiger partial charge in [0.2, 0.25) is 5.95 Å². The van der Waals surface area contributed by atoms with Crippen LogP contribution in [0.25, 0.3) is 11.2 Å². The Kier molecular flexibility index (Phi) is 2.92. The molecular formula is C12H18N8. The van der Waals surface area contributed by atoms with Gasteiger partial charge >= 0.3 is 0 Å². The Hall–Kier alpha value is -2.38. The highest BCUT2D eigenvalue weighted by Crippen LogP contribution is 2.21. The number of fused-ring (bicyclic) bond motifs is 1. The van der Waals surface area contributed by atoms with E-state index in [2.05, 4.69) is 27.1 Å². The molecule has 0 aromatic carbocycles. The molecule has 20 heavy (non-hydrogen) atoms. The number of hydrogen-bond acceptors (Lipinski definition) is 5. The first-order valence-corrected chi connectivity index (χ1v) is 6.62. The number of nitrogen functional groups attached to an aromatic ring is 1. The van der Waals surface area contributed by atoms with Gasteiger partial charge in [-0.3, -0.25) is 13.9 Å². The summed E-state index contributed by atoms with van der Waals surface area (Å²) in [5.41, 5.74) is 8.84. The Morgan fingerprint density at radius 2 is 2.05 bits per heavy atom. The van der Waals surface area contributed by atoms with Gasteiger partial charge in [0.25, 0.3) is 0 Å². The van der Waals surface area contributed by atoms with Crippen molar-refractivity contribution in [1.82, 2.24) is 34.1 Å². The predicted octanol–water partition coefficient (Wildman–Crippen LogP) is 0.286. The van der Waals surface area contributed by atoms with Crippen molar-refractivity contribution in [3.8, 4) is 0 Å². The van der Waals surface area contributed by atoms with Crippen LogP contribution in [0.1, 0.15) is 18.4 Å². The molecule has 0 spiro atoms. The van der Waals surface area contributed by atoms with Crippen molar-refractivity contribution < 1.29 is 0 Å². The van der Waals surface area contributed by atoms with Crippen molar-refractivity contribution >= 4 is 17.1 Å². The Morgan fingerprint density at radius 3 is 2.70 bits per heavy atom. The molecule has 3 aromatic rings. The lowest BCUT2D eigenvalue weighted by Crippen LogP contribution is -2.09. The minimum atomic E-state index is 0.513. The van der Waals surface area contributed by atoms with Gasteiger partial charge in [-0.1, -0.05) is 6.92 Å². The van der Waals surface area contributed by atoms with Crippen LogP contribution in [0.15, 0.2) is 6.33 Å². The minimum absolute atomic E-state index is 0.513. The van der Waals surface area contributed by atoms with Gasteiger partial charge in [0.05, 0.1) is 5.69 Å². The molecule has 0 atom stereocenters. The standard InChI is InChI=1S/C12H18N8/c1-4-8-10-11(19(3)16-8)20(12(13)15-10)6-5-9-14-7-18(2)17-9/h7H,4-6H2,1-3H3,(H2,13,15). The first-order valence-electron chi connectivity index (χ1n) is 6.62. The molecule has 0 fully saturated rings. The molecular weight excluding hydrogens is 256 g/mol. The number of aryl methyl sites for hydroxylation is 5. The third-order valence-electron chi connectivity index (χ3n) is 3.36. The summed E-state index contributed by atoms with van der Waals surface area (Å²) < 4.78 is 5.50. The van der Waals surface area contributed by atoms with E-state index >= 15 is 0 Å². The van der Waals surface area contributed by atoms with Gasteiger partial charge < -0.3 is 5.73 Å². The molecule has 0 radical (unpaired) electrons. The van der Waals surface area contributed by atoms with E-state index in [-0.39, 0.29) is 0 Å². The average molecular weight is 274 g/mol. The van der Waals surface area contributed by atoms with E-state index in [0.29, 0.717) is 18.9 Å². The summed E-state index contributed by atoms with van der Waals surface area (Å²) >= 11 is 0. The first-order chi connectivity index (χ1) is 9.60. The van der Waals surface area contributed by atoms with Crippen LogP contribution in [0.5, 0.6) is 0 Å². The van der Waals surface area contributed by atoms with Gasteiger partial charge in [-0.05, 0) is 6.42 Å². The summed E-state index contributed by atoms with van der Waals surface area (Å²) in [5.74, 6) is 1.31. The van der Waals surface area contributed by atoms with Crippen LogP contribution in [0, 0.1) is 0 Å². The Bertz CT molecular complexity index is 747. The van der Waals surface area contributed by atoms with Gasteiger partial charge in [0.1, 0.15) is 11.8 Å². The molecule has 3 heterocycles. The fourth-order valence-corrected chi connectivity index (χ4v) is 2.43. The normalized spacial score (nSPS) is 11.6. The van der Waals surface area contributed by atoms with E-state index in [1.807, 2.05) is 23.3 Å². The number of anilines is 1. The van der Waals surface area contributed by atoms with E-state index in [0.717, 1.165) is 29.1 Å². The van der Waals surface area contributed by atoms with Gasteiger partial charge in [0.15, 0.2) is 11.5 Å². The van der Waals surface area contributed by atoms with Crippen LogP contribution in [-0.4, -0.2) is 34.1 Å². The summed E-state index contributed by atoms with van der Waals surface area (Å²) in [6, 6.07) is 0. The molecule has 0 saturated carbocycles. The summed E-state index contributed by atoms with van der Waals surface area (Å²) in [4.78, 5) is 8.66. The molecule has 0 aliphatic heterocycles. The molecule has 2 N–H and O–H groups in total. The molecule has 8 heteroatoms. The van der Waals surface area contributed by atoms with Crippen molar-refractivity contribution in [2.24, 2.45) is 14.1 Å². The van der Waals surface area contributed by atoms with Crippen molar-refractivity contribution in [3.05, 3.63) is 17.8 Å². The van der Waals surface area contributed by atoms with Gasteiger partial charge in [-0.2, -0.15) is 10.2 Å². The first kappa shape index (κ1) is 12.6. The zero-order valence-electron chi connectivity index (χ0n) is 11.9. The highest BCUT2D eigenvalue weighted by molar-refractivity contribution is 5.77. The number of nitrogens with two attached hydrogens (primary N) is 1. The average Bonchev–Trinajstić information content (AvgIpc) is 3.04. The largest absolute Gasteiger partial charge is 0.369 e. The van der Waals surface area contributed by atoms with Gasteiger partial charge in [0, 0.05) is 27.1 Å². The maximum Gasteiger partial charge on any atom is 0.202 e. The quantitative estimate of drug-likeness (QED) is 0.738. The predicted molar refractivity (Wildman–Crippen MR) is 75.0 cm³/mol. The molecule has 0 saturated heterocycles. The molecule has 0 unspecified atom stereocenters. The zero-order chi connectivity index (χ0) is 14.3. The van der Waals surface area contributed by atoms with Crippen molar-refractivity contribution in [3.63, 3.8) is 0 Å². The second kappa shape index (κ2) is 4.62. The molecule has 0 aliphatic carbocycles. The summed E-state index contributed by atoms with van der Waals surface area (Å²) in [5, 5.41) is 8.74. The fourth-order valence-electron chi connectivity index (χ4n) is 2.43. The van der Waals surface area contributed by atoms with Crippen LogP contribution in [0.3, 0.4) is 0 Å². The molecule has 0 aliphatic rings. The lowest BCUT2D eigenvalue weighted by atomic mass is 10.3. The lowest BCUT2D eigenvalue weighted by Gasteiger charge is -2.04. The number of hydrogen-bond donors (Lipinski definition) is 1. The number of nitrogens with zero attached hydrogens (tertiary/aromatic N) is 7. The highest BCUT2D eigenvalue weighted by atomic mass is 15.4. The third kappa shape index (κ3) is 1.93. The second-order valence-corrected chi connectivity index (χ2v) is 4.80. The third-order valence-corrected chi connectivity index (χ3v) is 3.36. The van der Waals surface area contributed by atoms with E-state index in [4.69, 9.17) is 5.73 Å². The number of rotatable bonds is 4. The van der Waals surface area contributed by atoms with Crippen LogP contribution in [0.2, 0.25) is 0 Å². The number of aromatic nitrogens is 7. The Morgan fingerprint density at radius 1 is 1.25 bits per heavy atom. The van der Waals surface area contributed by atoms with Gasteiger partial charge in [-0.25, -0.2) is 9.97 Å². The van der Waals surface area contributed by atoms with E-state index in [9.17, 15) is 0 Å². The smallest absolute Gasteiger partial charge is 0.202 e. The van der Waals surface area contributed by atoms with E-state index in [1.54, 1.807) is 11.0 Å². The minimum Gasteiger partial charge on any atom is -0.369 e. The van der Waals surface area contributed by atoms with Crippen LogP contribution < -0.4 is 5.73 Å². The zero-order valence-corrected chi connectivity index (χ0v) is 11.9. The van der Waals surface area contributed by atoms with Crippen LogP contribution >= 0.6 is 0 Å². The summed E-state index contributed by atoms with van der Waals surface area (Å²) in [6.45, 7) is 2.75. The topological polar surface area (TPSA) is 92.4 Å². The molecule has 3 rings (SSSR count). The molecule has 0 bridgehead atoms. The summed E-state index contributed by atoms with van der Waals surface area (Å²) in [6.07, 6.45) is 3.25. The maximum atomic E-state index is 6.02. The Labute approximate surface area is 116 Å². The number of imidazole rings is 1. The SMILES string of the molecule is CCc1nn(C)c2c1nc(N)n2CCc1ncn(C)n1. The van der Waals surface area contributed by atoms with Crippen molar-refractivity contribution in [2.45, 2.75) is 26.3 Å². The van der Waals surface area contributed by atoms with E-state index in [1.165, 1.54) is 0 Å². The highest BCUT2D eigenvalue weighted by Gasteiger charge is 2.17. The maximum absolute atomic E-state index is 6.02. The molecule has 8 nitrogen and oxygen atoms in total. The van der Waals surface area contributed by atoms with Crippen LogP contribution in [0.4, 0.5) is 5.95 Å². The second-order valence-electron chi connectivity index (χ2n) is 4.80. The van der Waals surface area contributed by atoms with Crippen LogP contribution in [-0.2, 0) is 33.5 Å². The lowest BCUT2D eigenvalue weighted by molar-refractivity contribution is 0.652. The summed E-state index contributed by atoms with van der Waals surface area (Å²) in [7, 11) is 3.77. The fraction of sp³-hybridized carbons (Fsp3) is 0.500. The molecule has 3 aromatic heterocycles. The van der Waals surface area contributed by atoms with E-state index < -0.39 is 0 Å². The van der Waals surface area contributed by atoms with Crippen molar-refractivity contribution in [1.29, 1.82) is 0 Å².